The minimum Gasteiger partial charge on any atom is -0.352 e. The maximum absolute atomic E-state index is 12.0. The second kappa shape index (κ2) is 5.60. The number of fused-ring (bicyclic) bond motifs is 3. The third-order valence-electron chi connectivity index (χ3n) is 5.26. The molecule has 2 bridgehead atoms. The summed E-state index contributed by atoms with van der Waals surface area (Å²) in [5.41, 5.74) is 0. The van der Waals surface area contributed by atoms with E-state index in [0.717, 1.165) is 31.2 Å². The Labute approximate surface area is 110 Å². The highest BCUT2D eigenvalue weighted by molar-refractivity contribution is 5.76. The van der Waals surface area contributed by atoms with Gasteiger partial charge in [-0.25, -0.2) is 0 Å². The maximum atomic E-state index is 12.0. The average Bonchev–Trinajstić information content (AvgIpc) is 2.91. The summed E-state index contributed by atoms with van der Waals surface area (Å²) >= 11 is 0. The fourth-order valence-corrected chi connectivity index (χ4v) is 4.04. The molecular formula is C15H26N2O. The van der Waals surface area contributed by atoms with Crippen LogP contribution in [0.2, 0.25) is 0 Å². The maximum Gasteiger partial charge on any atom is 0.220 e. The van der Waals surface area contributed by atoms with E-state index in [0.29, 0.717) is 11.9 Å². The molecule has 1 unspecified atom stereocenters. The SMILES string of the molecule is O=C(CCC1CCCC1)NC1CN2CCC1CC2. The smallest absolute Gasteiger partial charge is 0.220 e. The molecule has 4 aliphatic rings. The monoisotopic (exact) mass is 250 g/mol. The fourth-order valence-electron chi connectivity index (χ4n) is 4.04. The van der Waals surface area contributed by atoms with Crippen LogP contribution in [0.25, 0.3) is 0 Å². The van der Waals surface area contributed by atoms with Crippen molar-refractivity contribution in [3.63, 3.8) is 0 Å². The van der Waals surface area contributed by atoms with E-state index in [1.807, 2.05) is 0 Å². The zero-order valence-corrected chi connectivity index (χ0v) is 11.4. The Hall–Kier alpha value is -0.570. The topological polar surface area (TPSA) is 32.3 Å². The van der Waals surface area contributed by atoms with Gasteiger partial charge < -0.3 is 10.2 Å². The predicted molar refractivity (Wildman–Crippen MR) is 72.3 cm³/mol. The summed E-state index contributed by atoms with van der Waals surface area (Å²) in [6.07, 6.45) is 9.92. The number of rotatable bonds is 4. The lowest BCUT2D eigenvalue weighted by molar-refractivity contribution is -0.123. The quantitative estimate of drug-likeness (QED) is 0.829. The normalized spacial score (nSPS) is 35.9. The molecule has 18 heavy (non-hydrogen) atoms. The molecule has 3 nitrogen and oxygen atoms in total. The lowest BCUT2D eigenvalue weighted by Crippen LogP contribution is -2.57. The first-order valence-electron chi connectivity index (χ1n) is 7.83. The van der Waals surface area contributed by atoms with Gasteiger partial charge in [0.05, 0.1) is 0 Å². The summed E-state index contributed by atoms with van der Waals surface area (Å²) in [6.45, 7) is 3.60. The largest absolute Gasteiger partial charge is 0.352 e. The first-order chi connectivity index (χ1) is 8.81. The summed E-state index contributed by atoms with van der Waals surface area (Å²) in [7, 11) is 0. The van der Waals surface area contributed by atoms with Crippen molar-refractivity contribution in [1.82, 2.24) is 10.2 Å². The molecule has 0 aromatic heterocycles. The van der Waals surface area contributed by atoms with Crippen molar-refractivity contribution in [3.8, 4) is 0 Å². The van der Waals surface area contributed by atoms with E-state index >= 15 is 0 Å². The van der Waals surface area contributed by atoms with Gasteiger partial charge in [-0.05, 0) is 44.2 Å². The van der Waals surface area contributed by atoms with Crippen LogP contribution in [0, 0.1) is 11.8 Å². The second-order valence-electron chi connectivity index (χ2n) is 6.50. The molecule has 1 atom stereocenters. The molecule has 102 valence electrons. The van der Waals surface area contributed by atoms with Crippen molar-refractivity contribution in [2.75, 3.05) is 19.6 Å². The van der Waals surface area contributed by atoms with Crippen LogP contribution in [-0.4, -0.2) is 36.5 Å². The van der Waals surface area contributed by atoms with Crippen molar-refractivity contribution in [2.24, 2.45) is 11.8 Å². The molecule has 4 rings (SSSR count). The third-order valence-corrected chi connectivity index (χ3v) is 5.26. The van der Waals surface area contributed by atoms with Gasteiger partial charge in [-0.15, -0.1) is 0 Å². The minimum atomic E-state index is 0.306. The van der Waals surface area contributed by atoms with Gasteiger partial charge in [0.15, 0.2) is 0 Å². The molecule has 4 fully saturated rings. The van der Waals surface area contributed by atoms with Gasteiger partial charge in [-0.3, -0.25) is 4.79 Å². The van der Waals surface area contributed by atoms with Crippen molar-refractivity contribution in [1.29, 1.82) is 0 Å². The van der Waals surface area contributed by atoms with E-state index in [2.05, 4.69) is 10.2 Å². The molecule has 0 aromatic rings. The van der Waals surface area contributed by atoms with Crippen molar-refractivity contribution in [2.45, 2.75) is 57.4 Å². The molecule has 1 saturated carbocycles. The van der Waals surface area contributed by atoms with E-state index < -0.39 is 0 Å². The van der Waals surface area contributed by atoms with E-state index in [-0.39, 0.29) is 0 Å². The Bertz CT molecular complexity index is 291. The van der Waals surface area contributed by atoms with Crippen LogP contribution in [-0.2, 0) is 4.79 Å². The first-order valence-corrected chi connectivity index (χ1v) is 7.83. The van der Waals surface area contributed by atoms with Crippen molar-refractivity contribution >= 4 is 5.91 Å². The van der Waals surface area contributed by atoms with Gasteiger partial charge in [-0.1, -0.05) is 25.7 Å². The summed E-state index contributed by atoms with van der Waals surface area (Å²) < 4.78 is 0. The summed E-state index contributed by atoms with van der Waals surface area (Å²) in [4.78, 5) is 14.5. The Balaban J connectivity index is 1.40. The molecule has 0 aromatic carbocycles. The zero-order chi connectivity index (χ0) is 12.4. The van der Waals surface area contributed by atoms with Crippen molar-refractivity contribution in [3.05, 3.63) is 0 Å². The van der Waals surface area contributed by atoms with Gasteiger partial charge in [0.1, 0.15) is 0 Å². The van der Waals surface area contributed by atoms with Crippen LogP contribution in [0.1, 0.15) is 51.4 Å². The van der Waals surface area contributed by atoms with E-state index in [4.69, 9.17) is 0 Å². The van der Waals surface area contributed by atoms with E-state index in [1.54, 1.807) is 0 Å². The minimum absolute atomic E-state index is 0.306. The highest BCUT2D eigenvalue weighted by Crippen LogP contribution is 2.29. The van der Waals surface area contributed by atoms with Gasteiger partial charge in [0.25, 0.3) is 0 Å². The summed E-state index contributed by atoms with van der Waals surface area (Å²) in [6, 6.07) is 0.448. The number of hydrogen-bond donors (Lipinski definition) is 1. The lowest BCUT2D eigenvalue weighted by atomic mass is 9.84. The number of amides is 1. The number of carbonyl (C=O) groups is 1. The fraction of sp³-hybridized carbons (Fsp3) is 0.933. The molecule has 1 aliphatic carbocycles. The molecule has 1 amide bonds. The molecular weight excluding hydrogens is 224 g/mol. The van der Waals surface area contributed by atoms with Crippen LogP contribution in [0.15, 0.2) is 0 Å². The van der Waals surface area contributed by atoms with Crippen LogP contribution in [0.4, 0.5) is 0 Å². The number of hydrogen-bond acceptors (Lipinski definition) is 2. The Kier molecular flexibility index (Phi) is 3.88. The zero-order valence-electron chi connectivity index (χ0n) is 11.4. The molecule has 1 N–H and O–H groups in total. The standard InChI is InChI=1S/C15H26N2O/c18-15(6-5-12-3-1-2-4-12)16-14-11-17-9-7-13(14)8-10-17/h12-14H,1-11H2,(H,16,18). The Morgan fingerprint density at radius 1 is 1.11 bits per heavy atom. The highest BCUT2D eigenvalue weighted by atomic mass is 16.1. The number of nitrogens with one attached hydrogen (secondary N) is 1. The molecule has 3 saturated heterocycles. The predicted octanol–water partition coefficient (Wildman–Crippen LogP) is 2.17. The van der Waals surface area contributed by atoms with Crippen LogP contribution in [0.3, 0.4) is 0 Å². The van der Waals surface area contributed by atoms with Gasteiger partial charge >= 0.3 is 0 Å². The molecule has 3 heteroatoms. The first kappa shape index (κ1) is 12.5. The van der Waals surface area contributed by atoms with Crippen LogP contribution < -0.4 is 5.32 Å². The van der Waals surface area contributed by atoms with E-state index in [9.17, 15) is 4.79 Å². The van der Waals surface area contributed by atoms with Gasteiger partial charge in [0.2, 0.25) is 5.91 Å². The Morgan fingerprint density at radius 2 is 1.83 bits per heavy atom. The van der Waals surface area contributed by atoms with Crippen LogP contribution in [0.5, 0.6) is 0 Å². The van der Waals surface area contributed by atoms with E-state index in [1.165, 1.54) is 51.6 Å². The molecule has 3 aliphatic heterocycles. The number of carbonyl (C=O) groups excluding carboxylic acids is 1. The Morgan fingerprint density at radius 3 is 2.44 bits per heavy atom. The lowest BCUT2D eigenvalue weighted by Gasteiger charge is -2.45. The van der Waals surface area contributed by atoms with Crippen molar-refractivity contribution < 1.29 is 4.79 Å². The summed E-state index contributed by atoms with van der Waals surface area (Å²) in [5, 5.41) is 3.29. The second-order valence-corrected chi connectivity index (χ2v) is 6.50. The van der Waals surface area contributed by atoms with Gasteiger partial charge in [0, 0.05) is 19.0 Å². The van der Waals surface area contributed by atoms with Gasteiger partial charge in [-0.2, -0.15) is 0 Å². The highest BCUT2D eigenvalue weighted by Gasteiger charge is 2.34. The third kappa shape index (κ3) is 2.87. The number of nitrogens with zero attached hydrogens (tertiary/aromatic N) is 1. The molecule has 0 radical (unpaired) electrons. The average molecular weight is 250 g/mol. The number of piperidine rings is 3. The van der Waals surface area contributed by atoms with Crippen LogP contribution >= 0.6 is 0 Å². The molecule has 0 spiro atoms. The molecule has 3 heterocycles. The summed E-state index contributed by atoms with van der Waals surface area (Å²) in [5.74, 6) is 1.90.